The van der Waals surface area contributed by atoms with Crippen LogP contribution in [0, 0.1) is 11.7 Å². The Morgan fingerprint density at radius 1 is 1.50 bits per heavy atom. The average Bonchev–Trinajstić information content (AvgIpc) is 2.24. The second-order valence-electron chi connectivity index (χ2n) is 4.02. The fourth-order valence-electron chi connectivity index (χ4n) is 1.56. The smallest absolute Gasteiger partial charge is 0.141 e. The van der Waals surface area contributed by atoms with Gasteiger partial charge in [-0.15, -0.1) is 0 Å². The fraction of sp³-hybridized carbons (Fsp3) is 0.583. The summed E-state index contributed by atoms with van der Waals surface area (Å²) in [5.41, 5.74) is 0.945. The number of nitrogens with one attached hydrogen (secondary N) is 1. The van der Waals surface area contributed by atoms with Crippen LogP contribution in [-0.4, -0.2) is 31.8 Å². The third-order valence-electron chi connectivity index (χ3n) is 2.32. The predicted octanol–water partition coefficient (Wildman–Crippen LogP) is 1.64. The molecule has 0 amide bonds. The van der Waals surface area contributed by atoms with Gasteiger partial charge in [0.15, 0.2) is 0 Å². The van der Waals surface area contributed by atoms with Crippen molar-refractivity contribution in [2.75, 3.05) is 26.8 Å². The van der Waals surface area contributed by atoms with E-state index in [4.69, 9.17) is 4.74 Å². The zero-order valence-corrected chi connectivity index (χ0v) is 9.87. The zero-order chi connectivity index (χ0) is 11.8. The van der Waals surface area contributed by atoms with Gasteiger partial charge in [-0.2, -0.15) is 0 Å². The molecule has 0 saturated heterocycles. The van der Waals surface area contributed by atoms with Crippen LogP contribution in [-0.2, 0) is 11.2 Å². The van der Waals surface area contributed by atoms with Gasteiger partial charge >= 0.3 is 0 Å². The number of hydrogen-bond acceptors (Lipinski definition) is 3. The maximum atomic E-state index is 12.9. The Morgan fingerprint density at radius 2 is 2.31 bits per heavy atom. The minimum Gasteiger partial charge on any atom is -0.383 e. The van der Waals surface area contributed by atoms with Crippen molar-refractivity contribution < 1.29 is 9.13 Å². The Morgan fingerprint density at radius 3 is 3.00 bits per heavy atom. The van der Waals surface area contributed by atoms with E-state index in [9.17, 15) is 4.39 Å². The van der Waals surface area contributed by atoms with Crippen molar-refractivity contribution in [1.29, 1.82) is 0 Å². The van der Waals surface area contributed by atoms with Crippen LogP contribution in [0.5, 0.6) is 0 Å². The van der Waals surface area contributed by atoms with E-state index in [1.54, 1.807) is 19.4 Å². The first-order chi connectivity index (χ1) is 7.72. The topological polar surface area (TPSA) is 34.1 Å². The van der Waals surface area contributed by atoms with E-state index in [1.165, 1.54) is 6.20 Å². The summed E-state index contributed by atoms with van der Waals surface area (Å²) in [6.45, 7) is 4.60. The maximum absolute atomic E-state index is 12.9. The highest BCUT2D eigenvalue weighted by atomic mass is 19.1. The fourth-order valence-corrected chi connectivity index (χ4v) is 1.56. The van der Waals surface area contributed by atoms with Gasteiger partial charge in [-0.25, -0.2) is 4.39 Å². The molecule has 4 heteroatoms. The normalized spacial score (nSPS) is 12.7. The van der Waals surface area contributed by atoms with Gasteiger partial charge in [0.25, 0.3) is 0 Å². The van der Waals surface area contributed by atoms with Crippen LogP contribution in [0.25, 0.3) is 0 Å². The lowest BCUT2D eigenvalue weighted by Crippen LogP contribution is -2.25. The van der Waals surface area contributed by atoms with Gasteiger partial charge in [0.2, 0.25) is 0 Å². The summed E-state index contributed by atoms with van der Waals surface area (Å²) in [4.78, 5) is 3.83. The molecule has 0 radical (unpaired) electrons. The summed E-state index contributed by atoms with van der Waals surface area (Å²) in [5, 5.41) is 3.28. The highest BCUT2D eigenvalue weighted by Gasteiger charge is 2.04. The van der Waals surface area contributed by atoms with Crippen molar-refractivity contribution in [2.24, 2.45) is 5.92 Å². The average molecular weight is 226 g/mol. The number of aromatic nitrogens is 1. The summed E-state index contributed by atoms with van der Waals surface area (Å²) >= 11 is 0. The third-order valence-corrected chi connectivity index (χ3v) is 2.32. The summed E-state index contributed by atoms with van der Waals surface area (Å²) in [6.07, 6.45) is 3.78. The van der Waals surface area contributed by atoms with Crippen molar-refractivity contribution in [3.8, 4) is 0 Å². The number of pyridine rings is 1. The minimum absolute atomic E-state index is 0.267. The zero-order valence-electron chi connectivity index (χ0n) is 9.87. The molecule has 1 aromatic heterocycles. The first-order valence-corrected chi connectivity index (χ1v) is 5.51. The quantitative estimate of drug-likeness (QED) is 0.718. The number of methoxy groups -OCH3 is 1. The van der Waals surface area contributed by atoms with E-state index in [-0.39, 0.29) is 5.82 Å². The molecule has 0 fully saturated rings. The SMILES string of the molecule is COCCNCC(C)Cc1cncc(F)c1. The van der Waals surface area contributed by atoms with E-state index in [1.807, 2.05) is 0 Å². The van der Waals surface area contributed by atoms with Gasteiger partial charge in [-0.1, -0.05) is 6.92 Å². The van der Waals surface area contributed by atoms with Crippen molar-refractivity contribution in [2.45, 2.75) is 13.3 Å². The van der Waals surface area contributed by atoms with Crippen molar-refractivity contribution in [3.05, 3.63) is 29.8 Å². The second kappa shape index (κ2) is 7.30. The van der Waals surface area contributed by atoms with E-state index < -0.39 is 0 Å². The van der Waals surface area contributed by atoms with Crippen LogP contribution in [0.3, 0.4) is 0 Å². The Balaban J connectivity index is 2.25. The lowest BCUT2D eigenvalue weighted by molar-refractivity contribution is 0.198. The minimum atomic E-state index is -0.267. The van der Waals surface area contributed by atoms with Gasteiger partial charge in [0, 0.05) is 19.9 Å². The summed E-state index contributed by atoms with van der Waals surface area (Å²) < 4.78 is 17.8. The molecule has 1 unspecified atom stereocenters. The largest absolute Gasteiger partial charge is 0.383 e. The first kappa shape index (κ1) is 13.1. The van der Waals surface area contributed by atoms with Crippen molar-refractivity contribution in [1.82, 2.24) is 10.3 Å². The van der Waals surface area contributed by atoms with Gasteiger partial charge < -0.3 is 10.1 Å². The Labute approximate surface area is 96.0 Å². The molecule has 16 heavy (non-hydrogen) atoms. The molecule has 0 saturated carbocycles. The van der Waals surface area contributed by atoms with Crippen LogP contribution in [0.4, 0.5) is 4.39 Å². The molecule has 0 bridgehead atoms. The van der Waals surface area contributed by atoms with Crippen LogP contribution >= 0.6 is 0 Å². The molecule has 0 aromatic carbocycles. The molecular weight excluding hydrogens is 207 g/mol. The third kappa shape index (κ3) is 5.19. The molecule has 1 heterocycles. The highest BCUT2D eigenvalue weighted by molar-refractivity contribution is 5.10. The molecule has 90 valence electrons. The molecule has 0 aliphatic rings. The summed E-state index contributed by atoms with van der Waals surface area (Å²) in [7, 11) is 1.68. The van der Waals surface area contributed by atoms with Crippen LogP contribution in [0.15, 0.2) is 18.5 Å². The number of nitrogens with zero attached hydrogens (tertiary/aromatic N) is 1. The van der Waals surface area contributed by atoms with Crippen molar-refractivity contribution >= 4 is 0 Å². The molecule has 0 aliphatic carbocycles. The number of halogens is 1. The first-order valence-electron chi connectivity index (χ1n) is 5.51. The summed E-state index contributed by atoms with van der Waals surface area (Å²) in [5.74, 6) is 0.192. The van der Waals surface area contributed by atoms with E-state index >= 15 is 0 Å². The van der Waals surface area contributed by atoms with Gasteiger partial charge in [0.1, 0.15) is 5.82 Å². The van der Waals surface area contributed by atoms with Gasteiger partial charge in [-0.3, -0.25) is 4.98 Å². The van der Waals surface area contributed by atoms with E-state index in [0.717, 1.165) is 25.1 Å². The summed E-state index contributed by atoms with van der Waals surface area (Å²) in [6, 6.07) is 1.54. The molecule has 3 nitrogen and oxygen atoms in total. The Hall–Kier alpha value is -1.00. The molecule has 1 atom stereocenters. The van der Waals surface area contributed by atoms with Gasteiger partial charge in [-0.05, 0) is 30.5 Å². The maximum Gasteiger partial charge on any atom is 0.141 e. The number of rotatable bonds is 7. The molecule has 1 rings (SSSR count). The lowest BCUT2D eigenvalue weighted by Gasteiger charge is -2.12. The van der Waals surface area contributed by atoms with Gasteiger partial charge in [0.05, 0.1) is 12.8 Å². The molecule has 1 aromatic rings. The second-order valence-corrected chi connectivity index (χ2v) is 4.02. The molecule has 0 spiro atoms. The highest BCUT2D eigenvalue weighted by Crippen LogP contribution is 2.07. The number of hydrogen-bond donors (Lipinski definition) is 1. The van der Waals surface area contributed by atoms with E-state index in [2.05, 4.69) is 17.2 Å². The Kier molecular flexibility index (Phi) is 5.96. The predicted molar refractivity (Wildman–Crippen MR) is 61.8 cm³/mol. The molecular formula is C12H19FN2O. The van der Waals surface area contributed by atoms with Crippen molar-refractivity contribution in [3.63, 3.8) is 0 Å². The van der Waals surface area contributed by atoms with E-state index in [0.29, 0.717) is 12.5 Å². The van der Waals surface area contributed by atoms with Crippen LogP contribution in [0.2, 0.25) is 0 Å². The Bertz CT molecular complexity index is 307. The molecule has 1 N–H and O–H groups in total. The van der Waals surface area contributed by atoms with Crippen LogP contribution in [0.1, 0.15) is 12.5 Å². The standard InChI is InChI=1S/C12H19FN2O/c1-10(7-14-3-4-16-2)5-11-6-12(13)9-15-8-11/h6,8-10,14H,3-5,7H2,1-2H3. The number of ether oxygens (including phenoxy) is 1. The molecule has 0 aliphatic heterocycles. The van der Waals surface area contributed by atoms with Crippen LogP contribution < -0.4 is 5.32 Å². The lowest BCUT2D eigenvalue weighted by atomic mass is 10.0. The monoisotopic (exact) mass is 226 g/mol.